The standard InChI is InChI=1S/C12H21N5S.HI/c1-8(2)6-14-11(13)15-7-9-16-17-10(18-9)12(3,4)5;/h1,6-7H2,2-5H3,(H3,13,14,15);1H. The Hall–Kier alpha value is -0.700. The number of halogens is 1. The third-order valence-electron chi connectivity index (χ3n) is 2.06. The van der Waals surface area contributed by atoms with Crippen molar-refractivity contribution in [3.05, 3.63) is 22.2 Å². The summed E-state index contributed by atoms with van der Waals surface area (Å²) in [6.07, 6.45) is 0. The van der Waals surface area contributed by atoms with E-state index in [2.05, 4.69) is 47.9 Å². The summed E-state index contributed by atoms with van der Waals surface area (Å²) >= 11 is 1.58. The number of hydrogen-bond donors (Lipinski definition) is 2. The maximum absolute atomic E-state index is 5.72. The average molecular weight is 395 g/mol. The highest BCUT2D eigenvalue weighted by Gasteiger charge is 2.18. The number of guanidine groups is 1. The molecule has 3 N–H and O–H groups in total. The summed E-state index contributed by atoms with van der Waals surface area (Å²) in [4.78, 5) is 4.21. The Morgan fingerprint density at radius 2 is 2.05 bits per heavy atom. The zero-order chi connectivity index (χ0) is 13.8. The van der Waals surface area contributed by atoms with Gasteiger partial charge in [0.15, 0.2) is 5.96 Å². The van der Waals surface area contributed by atoms with Gasteiger partial charge in [0, 0.05) is 12.0 Å². The summed E-state index contributed by atoms with van der Waals surface area (Å²) < 4.78 is 0. The van der Waals surface area contributed by atoms with Gasteiger partial charge in [0.05, 0.1) is 6.54 Å². The van der Waals surface area contributed by atoms with Gasteiger partial charge in [-0.3, -0.25) is 0 Å². The second kappa shape index (κ2) is 7.78. The number of aromatic nitrogens is 2. The highest BCUT2D eigenvalue weighted by atomic mass is 127. The Morgan fingerprint density at radius 1 is 1.42 bits per heavy atom. The molecule has 0 spiro atoms. The van der Waals surface area contributed by atoms with Crippen LogP contribution < -0.4 is 11.1 Å². The Kier molecular flexibility index (Phi) is 7.50. The molecule has 0 saturated carbocycles. The van der Waals surface area contributed by atoms with Crippen LogP contribution in [0.3, 0.4) is 0 Å². The van der Waals surface area contributed by atoms with E-state index in [0.29, 0.717) is 19.0 Å². The van der Waals surface area contributed by atoms with E-state index >= 15 is 0 Å². The first-order chi connectivity index (χ1) is 8.29. The smallest absolute Gasteiger partial charge is 0.189 e. The fourth-order valence-corrected chi connectivity index (χ4v) is 1.89. The van der Waals surface area contributed by atoms with Crippen molar-refractivity contribution in [3.63, 3.8) is 0 Å². The predicted octanol–water partition coefficient (Wildman–Crippen LogP) is 2.43. The molecule has 0 atom stereocenters. The van der Waals surface area contributed by atoms with E-state index in [0.717, 1.165) is 15.6 Å². The van der Waals surface area contributed by atoms with E-state index in [4.69, 9.17) is 5.73 Å². The summed E-state index contributed by atoms with van der Waals surface area (Å²) in [6.45, 7) is 13.2. The highest BCUT2D eigenvalue weighted by Crippen LogP contribution is 2.25. The molecule has 0 unspecified atom stereocenters. The molecule has 0 saturated heterocycles. The van der Waals surface area contributed by atoms with Gasteiger partial charge in [-0.15, -0.1) is 34.2 Å². The van der Waals surface area contributed by atoms with Crippen molar-refractivity contribution in [2.24, 2.45) is 10.7 Å². The molecule has 1 aromatic rings. The molecule has 7 heteroatoms. The number of nitrogens with one attached hydrogen (secondary N) is 1. The number of aliphatic imine (C=N–C) groups is 1. The summed E-state index contributed by atoms with van der Waals surface area (Å²) in [5.74, 6) is 0.408. The molecule has 0 radical (unpaired) electrons. The SMILES string of the molecule is C=C(C)CNC(N)=NCc1nnc(C(C)(C)C)s1.I. The normalized spacial score (nSPS) is 11.9. The minimum Gasteiger partial charge on any atom is -0.370 e. The van der Waals surface area contributed by atoms with Crippen LogP contribution in [0.15, 0.2) is 17.1 Å². The second-order valence-electron chi connectivity index (χ2n) is 5.26. The van der Waals surface area contributed by atoms with Gasteiger partial charge >= 0.3 is 0 Å². The molecule has 1 aromatic heterocycles. The van der Waals surface area contributed by atoms with Crippen molar-refractivity contribution in [1.82, 2.24) is 15.5 Å². The van der Waals surface area contributed by atoms with E-state index in [1.54, 1.807) is 11.3 Å². The molecular formula is C12H22IN5S. The van der Waals surface area contributed by atoms with Gasteiger partial charge in [-0.25, -0.2) is 4.99 Å². The monoisotopic (exact) mass is 395 g/mol. The third-order valence-corrected chi connectivity index (χ3v) is 3.40. The lowest BCUT2D eigenvalue weighted by molar-refractivity contribution is 0.577. The van der Waals surface area contributed by atoms with E-state index in [1.807, 2.05) is 6.92 Å². The lowest BCUT2D eigenvalue weighted by atomic mass is 9.98. The summed E-state index contributed by atoms with van der Waals surface area (Å²) in [5.41, 5.74) is 6.76. The molecule has 1 rings (SSSR count). The molecule has 0 aromatic carbocycles. The van der Waals surface area contributed by atoms with Crippen LogP contribution >= 0.6 is 35.3 Å². The molecule has 0 aliphatic heterocycles. The molecule has 19 heavy (non-hydrogen) atoms. The molecule has 0 bridgehead atoms. The van der Waals surface area contributed by atoms with Crippen LogP contribution in [-0.2, 0) is 12.0 Å². The van der Waals surface area contributed by atoms with Crippen LogP contribution in [0, 0.1) is 0 Å². The van der Waals surface area contributed by atoms with E-state index < -0.39 is 0 Å². The van der Waals surface area contributed by atoms with Crippen molar-refractivity contribution in [2.75, 3.05) is 6.54 Å². The molecule has 1 heterocycles. The lowest BCUT2D eigenvalue weighted by Gasteiger charge is -2.12. The first kappa shape index (κ1) is 18.3. The van der Waals surface area contributed by atoms with E-state index in [1.165, 1.54) is 0 Å². The van der Waals surface area contributed by atoms with Gasteiger partial charge in [0.1, 0.15) is 10.0 Å². The Bertz CT molecular complexity index is 447. The number of rotatable bonds is 4. The summed E-state index contributed by atoms with van der Waals surface area (Å²) in [7, 11) is 0. The maximum Gasteiger partial charge on any atom is 0.189 e. The fraction of sp³-hybridized carbons (Fsp3) is 0.583. The second-order valence-corrected chi connectivity index (χ2v) is 6.33. The molecule has 108 valence electrons. The number of nitrogens with zero attached hydrogens (tertiary/aromatic N) is 3. The molecule has 0 aliphatic carbocycles. The zero-order valence-corrected chi connectivity index (χ0v) is 15.0. The molecule has 5 nitrogen and oxygen atoms in total. The molecular weight excluding hydrogens is 373 g/mol. The largest absolute Gasteiger partial charge is 0.370 e. The summed E-state index contributed by atoms with van der Waals surface area (Å²) in [6, 6.07) is 0. The zero-order valence-electron chi connectivity index (χ0n) is 11.9. The minimum atomic E-state index is 0. The van der Waals surface area contributed by atoms with Crippen molar-refractivity contribution in [2.45, 2.75) is 39.7 Å². The van der Waals surface area contributed by atoms with Crippen LogP contribution in [0.4, 0.5) is 0 Å². The van der Waals surface area contributed by atoms with E-state index in [9.17, 15) is 0 Å². The quantitative estimate of drug-likeness (QED) is 0.355. The lowest BCUT2D eigenvalue weighted by Crippen LogP contribution is -2.32. The van der Waals surface area contributed by atoms with Gasteiger partial charge in [-0.05, 0) is 6.92 Å². The van der Waals surface area contributed by atoms with Crippen LogP contribution in [0.2, 0.25) is 0 Å². The first-order valence-electron chi connectivity index (χ1n) is 5.80. The van der Waals surface area contributed by atoms with Crippen molar-refractivity contribution < 1.29 is 0 Å². The molecule has 0 fully saturated rings. The van der Waals surface area contributed by atoms with Gasteiger partial charge < -0.3 is 11.1 Å². The molecule has 0 amide bonds. The minimum absolute atomic E-state index is 0. The Morgan fingerprint density at radius 3 is 2.53 bits per heavy atom. The number of hydrogen-bond acceptors (Lipinski definition) is 4. The van der Waals surface area contributed by atoms with Crippen LogP contribution in [0.25, 0.3) is 0 Å². The van der Waals surface area contributed by atoms with E-state index in [-0.39, 0.29) is 29.4 Å². The number of nitrogens with two attached hydrogens (primary N) is 1. The Balaban J connectivity index is 0.00000324. The fourth-order valence-electron chi connectivity index (χ4n) is 1.07. The topological polar surface area (TPSA) is 76.2 Å². The van der Waals surface area contributed by atoms with Crippen molar-refractivity contribution in [3.8, 4) is 0 Å². The van der Waals surface area contributed by atoms with Crippen LogP contribution in [0.1, 0.15) is 37.7 Å². The average Bonchev–Trinajstić information content (AvgIpc) is 2.71. The van der Waals surface area contributed by atoms with Gasteiger partial charge in [0.25, 0.3) is 0 Å². The van der Waals surface area contributed by atoms with Gasteiger partial charge in [-0.1, -0.05) is 44.3 Å². The van der Waals surface area contributed by atoms with Gasteiger partial charge in [-0.2, -0.15) is 0 Å². The summed E-state index contributed by atoms with van der Waals surface area (Å²) in [5, 5.41) is 13.1. The Labute approximate surface area is 135 Å². The van der Waals surface area contributed by atoms with Crippen LogP contribution in [-0.4, -0.2) is 22.7 Å². The van der Waals surface area contributed by atoms with Crippen molar-refractivity contribution in [1.29, 1.82) is 0 Å². The van der Waals surface area contributed by atoms with Gasteiger partial charge in [0.2, 0.25) is 0 Å². The molecule has 0 aliphatic rings. The first-order valence-corrected chi connectivity index (χ1v) is 6.61. The van der Waals surface area contributed by atoms with Crippen molar-refractivity contribution >= 4 is 41.3 Å². The maximum atomic E-state index is 5.72. The highest BCUT2D eigenvalue weighted by molar-refractivity contribution is 14.0. The third kappa shape index (κ3) is 6.86. The predicted molar refractivity (Wildman–Crippen MR) is 92.2 cm³/mol. The van der Waals surface area contributed by atoms with Crippen LogP contribution in [0.5, 0.6) is 0 Å².